The van der Waals surface area contributed by atoms with Crippen molar-refractivity contribution in [2.75, 3.05) is 5.32 Å². The van der Waals surface area contributed by atoms with E-state index in [1.165, 1.54) is 18.2 Å². The number of carbonyl (C=O) groups is 1. The Morgan fingerprint density at radius 1 is 1.14 bits per heavy atom. The number of aryl methyl sites for hydroxylation is 1. The van der Waals surface area contributed by atoms with E-state index in [1.54, 1.807) is 41.1 Å². The summed E-state index contributed by atoms with van der Waals surface area (Å²) in [6.07, 6.45) is 3.02. The first kappa shape index (κ1) is 20.1. The maximum atomic E-state index is 12.9. The fraction of sp³-hybridized carbons (Fsp3) is 0.143. The van der Waals surface area contributed by atoms with Gasteiger partial charge in [-0.1, -0.05) is 41.4 Å². The number of hydrogen-bond acceptors (Lipinski definition) is 2. The number of halogens is 3. The summed E-state index contributed by atoms with van der Waals surface area (Å²) in [4.78, 5) is 12.3. The second-order valence-electron chi connectivity index (χ2n) is 6.28. The lowest BCUT2D eigenvalue weighted by atomic mass is 10.2. The molecule has 0 unspecified atom stereocenters. The fourth-order valence-corrected chi connectivity index (χ4v) is 3.29. The molecule has 0 bridgehead atoms. The summed E-state index contributed by atoms with van der Waals surface area (Å²) in [5.41, 5.74) is 3.61. The molecule has 7 heteroatoms. The summed E-state index contributed by atoms with van der Waals surface area (Å²) in [6.45, 7) is 4.08. The van der Waals surface area contributed by atoms with Crippen LogP contribution in [0.5, 0.6) is 0 Å². The van der Waals surface area contributed by atoms with Crippen LogP contribution in [0, 0.1) is 19.7 Å². The molecule has 1 heterocycles. The topological polar surface area (TPSA) is 46.9 Å². The molecule has 0 fully saturated rings. The molecule has 4 nitrogen and oxygen atoms in total. The van der Waals surface area contributed by atoms with Crippen LogP contribution in [0.1, 0.15) is 22.5 Å². The van der Waals surface area contributed by atoms with Crippen molar-refractivity contribution in [1.29, 1.82) is 0 Å². The van der Waals surface area contributed by atoms with E-state index in [0.29, 0.717) is 28.0 Å². The van der Waals surface area contributed by atoms with Crippen LogP contribution in [0.3, 0.4) is 0 Å². The molecule has 0 radical (unpaired) electrons. The number of nitrogens with zero attached hydrogens (tertiary/aromatic N) is 2. The van der Waals surface area contributed by atoms with E-state index in [1.807, 2.05) is 13.8 Å². The normalized spacial score (nSPS) is 11.2. The minimum atomic E-state index is -0.320. The van der Waals surface area contributed by atoms with Crippen molar-refractivity contribution < 1.29 is 9.18 Å². The summed E-state index contributed by atoms with van der Waals surface area (Å²) < 4.78 is 14.7. The molecule has 0 aliphatic rings. The predicted molar refractivity (Wildman–Crippen MR) is 111 cm³/mol. The number of benzene rings is 2. The Labute approximate surface area is 172 Å². The third-order valence-electron chi connectivity index (χ3n) is 4.30. The first-order valence-corrected chi connectivity index (χ1v) is 9.32. The van der Waals surface area contributed by atoms with E-state index in [9.17, 15) is 9.18 Å². The largest absolute Gasteiger partial charge is 0.319 e. The maximum Gasteiger partial charge on any atom is 0.248 e. The van der Waals surface area contributed by atoms with Gasteiger partial charge in [0.2, 0.25) is 5.91 Å². The van der Waals surface area contributed by atoms with Crippen molar-refractivity contribution in [3.8, 4) is 0 Å². The summed E-state index contributed by atoms with van der Waals surface area (Å²) >= 11 is 12.5. The third-order valence-corrected chi connectivity index (χ3v) is 5.00. The molecular weight excluding hydrogens is 400 g/mol. The summed E-state index contributed by atoms with van der Waals surface area (Å²) in [6, 6.07) is 11.2. The Hall–Kier alpha value is -2.63. The molecule has 0 saturated heterocycles. The number of carbonyl (C=O) groups excluding carboxylic acids is 1. The number of anilines is 1. The Morgan fingerprint density at radius 2 is 1.79 bits per heavy atom. The van der Waals surface area contributed by atoms with Gasteiger partial charge >= 0.3 is 0 Å². The van der Waals surface area contributed by atoms with Crippen molar-refractivity contribution in [1.82, 2.24) is 9.78 Å². The Balaban J connectivity index is 1.76. The standard InChI is InChI=1S/C21H18Cl2FN3O/c1-13-21(25-20(28)11-8-15-6-9-16(24)10-7-15)14(2)27(26-13)12-17-18(22)4-3-5-19(17)23/h3-11H,12H2,1-2H3,(H,25,28)/b11-8+. The summed E-state index contributed by atoms with van der Waals surface area (Å²) in [5.74, 6) is -0.621. The molecule has 0 atom stereocenters. The van der Waals surface area contributed by atoms with Crippen molar-refractivity contribution in [3.05, 3.63) is 86.9 Å². The van der Waals surface area contributed by atoms with Crippen molar-refractivity contribution >= 4 is 40.9 Å². The predicted octanol–water partition coefficient (Wildman–Crippen LogP) is 5.65. The lowest BCUT2D eigenvalue weighted by molar-refractivity contribution is -0.111. The van der Waals surface area contributed by atoms with Gasteiger partial charge in [0.15, 0.2) is 0 Å². The highest BCUT2D eigenvalue weighted by molar-refractivity contribution is 6.36. The van der Waals surface area contributed by atoms with E-state index in [-0.39, 0.29) is 11.7 Å². The van der Waals surface area contributed by atoms with Gasteiger partial charge in [-0.2, -0.15) is 5.10 Å². The number of amides is 1. The fourth-order valence-electron chi connectivity index (χ4n) is 2.78. The van der Waals surface area contributed by atoms with Crippen LogP contribution in [0.2, 0.25) is 10.0 Å². The van der Waals surface area contributed by atoms with Gasteiger partial charge in [-0.3, -0.25) is 9.48 Å². The number of nitrogens with one attached hydrogen (secondary N) is 1. The first-order valence-electron chi connectivity index (χ1n) is 8.56. The van der Waals surface area contributed by atoms with Crippen LogP contribution in [0.15, 0.2) is 48.5 Å². The molecule has 3 rings (SSSR count). The molecule has 1 N–H and O–H groups in total. The van der Waals surface area contributed by atoms with Gasteiger partial charge in [-0.25, -0.2) is 4.39 Å². The highest BCUT2D eigenvalue weighted by Gasteiger charge is 2.15. The minimum Gasteiger partial charge on any atom is -0.319 e. The molecule has 1 aromatic heterocycles. The summed E-state index contributed by atoms with van der Waals surface area (Å²) in [5, 5.41) is 8.46. The van der Waals surface area contributed by atoms with Crippen molar-refractivity contribution in [2.24, 2.45) is 0 Å². The van der Waals surface area contributed by atoms with Crippen LogP contribution < -0.4 is 5.32 Å². The number of rotatable bonds is 5. The Kier molecular flexibility index (Phi) is 6.17. The Morgan fingerprint density at radius 3 is 2.43 bits per heavy atom. The molecule has 0 spiro atoms. The van der Waals surface area contributed by atoms with E-state index in [0.717, 1.165) is 16.8 Å². The molecule has 0 aliphatic heterocycles. The SMILES string of the molecule is Cc1nn(Cc2c(Cl)cccc2Cl)c(C)c1NC(=O)/C=C/c1ccc(F)cc1. The quantitative estimate of drug-likeness (QED) is 0.545. The van der Waals surface area contributed by atoms with Crippen LogP contribution in [0.25, 0.3) is 6.08 Å². The second-order valence-corrected chi connectivity index (χ2v) is 7.09. The van der Waals surface area contributed by atoms with Gasteiger partial charge in [-0.15, -0.1) is 0 Å². The average Bonchev–Trinajstić information content (AvgIpc) is 2.92. The first-order chi connectivity index (χ1) is 13.3. The average molecular weight is 418 g/mol. The zero-order valence-electron chi connectivity index (χ0n) is 15.3. The zero-order chi connectivity index (χ0) is 20.3. The van der Waals surface area contributed by atoms with E-state index < -0.39 is 0 Å². The van der Waals surface area contributed by atoms with E-state index in [4.69, 9.17) is 23.2 Å². The van der Waals surface area contributed by atoms with Crippen molar-refractivity contribution in [2.45, 2.75) is 20.4 Å². The van der Waals surface area contributed by atoms with Gasteiger partial charge in [-0.05, 0) is 49.8 Å². The molecule has 2 aromatic carbocycles. The van der Waals surface area contributed by atoms with Gasteiger partial charge in [0.1, 0.15) is 5.82 Å². The molecular formula is C21H18Cl2FN3O. The number of hydrogen-bond donors (Lipinski definition) is 1. The lowest BCUT2D eigenvalue weighted by Gasteiger charge is -2.09. The summed E-state index contributed by atoms with van der Waals surface area (Å²) in [7, 11) is 0. The van der Waals surface area contributed by atoms with Crippen LogP contribution in [-0.2, 0) is 11.3 Å². The smallest absolute Gasteiger partial charge is 0.248 e. The van der Waals surface area contributed by atoms with Crippen molar-refractivity contribution in [3.63, 3.8) is 0 Å². The van der Waals surface area contributed by atoms with Crippen LogP contribution >= 0.6 is 23.2 Å². The second kappa shape index (κ2) is 8.59. The maximum absolute atomic E-state index is 12.9. The highest BCUT2D eigenvalue weighted by Crippen LogP contribution is 2.27. The van der Waals surface area contributed by atoms with E-state index >= 15 is 0 Å². The molecule has 0 saturated carbocycles. The van der Waals surface area contributed by atoms with E-state index in [2.05, 4.69) is 10.4 Å². The van der Waals surface area contributed by atoms with Crippen LogP contribution in [0.4, 0.5) is 10.1 Å². The van der Waals surface area contributed by atoms with Crippen LogP contribution in [-0.4, -0.2) is 15.7 Å². The Bertz CT molecular complexity index is 1020. The lowest BCUT2D eigenvalue weighted by Crippen LogP contribution is -2.10. The molecule has 3 aromatic rings. The third kappa shape index (κ3) is 4.61. The zero-order valence-corrected chi connectivity index (χ0v) is 16.9. The molecule has 0 aliphatic carbocycles. The minimum absolute atomic E-state index is 0.300. The van der Waals surface area contributed by atoms with Gasteiger partial charge in [0.05, 0.1) is 23.6 Å². The molecule has 28 heavy (non-hydrogen) atoms. The molecule has 1 amide bonds. The monoisotopic (exact) mass is 417 g/mol. The number of aromatic nitrogens is 2. The molecule has 144 valence electrons. The van der Waals surface area contributed by atoms with Gasteiger partial charge in [0.25, 0.3) is 0 Å². The highest BCUT2D eigenvalue weighted by atomic mass is 35.5. The van der Waals surface area contributed by atoms with Gasteiger partial charge in [0, 0.05) is 21.7 Å². The van der Waals surface area contributed by atoms with Gasteiger partial charge < -0.3 is 5.32 Å².